The molecule has 5 heteroatoms. The molecular formula is C29H22ClN3S. The molecule has 0 fully saturated rings. The number of anilines is 1. The van der Waals surface area contributed by atoms with Crippen molar-refractivity contribution in [2.24, 2.45) is 5.10 Å². The summed E-state index contributed by atoms with van der Waals surface area (Å²) in [6.07, 6.45) is 0.815. The van der Waals surface area contributed by atoms with Crippen LogP contribution in [0, 0.1) is 6.92 Å². The molecule has 0 radical (unpaired) electrons. The van der Waals surface area contributed by atoms with Crippen molar-refractivity contribution in [3.63, 3.8) is 0 Å². The van der Waals surface area contributed by atoms with Crippen LogP contribution in [-0.2, 0) is 0 Å². The molecule has 1 atom stereocenters. The third kappa shape index (κ3) is 4.00. The zero-order valence-corrected chi connectivity index (χ0v) is 20.2. The van der Waals surface area contributed by atoms with Crippen molar-refractivity contribution in [1.29, 1.82) is 0 Å². The maximum absolute atomic E-state index is 6.17. The van der Waals surface area contributed by atoms with Gasteiger partial charge in [0.05, 0.1) is 17.4 Å². The fraction of sp³-hybridized carbons (Fsp3) is 0.103. The van der Waals surface area contributed by atoms with Crippen LogP contribution >= 0.6 is 22.9 Å². The summed E-state index contributed by atoms with van der Waals surface area (Å²) in [6.45, 7) is 2.10. The molecule has 0 N–H and O–H groups in total. The SMILES string of the molecule is Cc1ccc(C2=NN(c3nc(-c4ccc5ccccc5c4)cs3)[C@H](c3ccc(Cl)cc3)C2)cc1. The smallest absolute Gasteiger partial charge is 0.207 e. The first-order valence-corrected chi connectivity index (χ1v) is 12.5. The van der Waals surface area contributed by atoms with Gasteiger partial charge in [-0.3, -0.25) is 0 Å². The molecule has 0 unspecified atom stereocenters. The fourth-order valence-corrected chi connectivity index (χ4v) is 5.36. The van der Waals surface area contributed by atoms with Crippen molar-refractivity contribution in [1.82, 2.24) is 4.98 Å². The number of halogens is 1. The molecule has 0 saturated carbocycles. The Morgan fingerprint density at radius 1 is 0.853 bits per heavy atom. The summed E-state index contributed by atoms with van der Waals surface area (Å²) >= 11 is 7.80. The quantitative estimate of drug-likeness (QED) is 0.259. The molecule has 5 aromatic rings. The first-order valence-electron chi connectivity index (χ1n) is 11.3. The van der Waals surface area contributed by atoms with Gasteiger partial charge in [0.2, 0.25) is 5.13 Å². The van der Waals surface area contributed by atoms with Gasteiger partial charge in [-0.05, 0) is 47.0 Å². The van der Waals surface area contributed by atoms with Crippen LogP contribution < -0.4 is 5.01 Å². The topological polar surface area (TPSA) is 28.5 Å². The third-order valence-corrected chi connectivity index (χ3v) is 7.37. The summed E-state index contributed by atoms with van der Waals surface area (Å²) in [6, 6.07) is 31.6. The highest BCUT2D eigenvalue weighted by atomic mass is 35.5. The molecule has 0 bridgehead atoms. The lowest BCUT2D eigenvalue weighted by Crippen LogP contribution is -2.18. The number of hydrogen-bond donors (Lipinski definition) is 0. The first kappa shape index (κ1) is 21.1. The Kier molecular flexibility index (Phi) is 5.40. The van der Waals surface area contributed by atoms with Crippen LogP contribution in [0.15, 0.2) is 101 Å². The van der Waals surface area contributed by atoms with E-state index in [0.717, 1.165) is 39.1 Å². The largest absolute Gasteiger partial charge is 0.231 e. The molecule has 0 saturated heterocycles. The maximum atomic E-state index is 6.17. The van der Waals surface area contributed by atoms with E-state index < -0.39 is 0 Å². The van der Waals surface area contributed by atoms with Crippen molar-refractivity contribution >= 4 is 44.6 Å². The summed E-state index contributed by atoms with van der Waals surface area (Å²) in [5.74, 6) is 0. The number of aryl methyl sites for hydroxylation is 1. The molecule has 0 aliphatic carbocycles. The van der Waals surface area contributed by atoms with Gasteiger partial charge in [-0.25, -0.2) is 9.99 Å². The van der Waals surface area contributed by atoms with Crippen LogP contribution in [0.2, 0.25) is 5.02 Å². The lowest BCUT2D eigenvalue weighted by atomic mass is 9.98. The van der Waals surface area contributed by atoms with Crippen LogP contribution in [0.3, 0.4) is 0 Å². The van der Waals surface area contributed by atoms with Gasteiger partial charge in [0.15, 0.2) is 0 Å². The summed E-state index contributed by atoms with van der Waals surface area (Å²) in [4.78, 5) is 5.02. The molecule has 0 spiro atoms. The van der Waals surface area contributed by atoms with E-state index in [4.69, 9.17) is 21.7 Å². The van der Waals surface area contributed by atoms with Crippen LogP contribution in [0.1, 0.15) is 29.2 Å². The van der Waals surface area contributed by atoms with E-state index in [1.54, 1.807) is 11.3 Å². The van der Waals surface area contributed by atoms with Gasteiger partial charge < -0.3 is 0 Å². The fourth-order valence-electron chi connectivity index (χ4n) is 4.40. The molecule has 1 aromatic heterocycles. The highest BCUT2D eigenvalue weighted by Crippen LogP contribution is 2.40. The van der Waals surface area contributed by atoms with Crippen LogP contribution in [0.25, 0.3) is 22.0 Å². The Hall–Kier alpha value is -3.47. The van der Waals surface area contributed by atoms with Gasteiger partial charge in [0.1, 0.15) is 0 Å². The normalized spacial score (nSPS) is 15.6. The van der Waals surface area contributed by atoms with E-state index in [2.05, 4.69) is 96.2 Å². The summed E-state index contributed by atoms with van der Waals surface area (Å²) in [5.41, 5.74) is 6.73. The van der Waals surface area contributed by atoms with Gasteiger partial charge in [-0.2, -0.15) is 5.10 Å². The van der Waals surface area contributed by atoms with Crippen molar-refractivity contribution < 1.29 is 0 Å². The predicted molar refractivity (Wildman–Crippen MR) is 144 cm³/mol. The zero-order valence-electron chi connectivity index (χ0n) is 18.6. The maximum Gasteiger partial charge on any atom is 0.207 e. The molecule has 1 aliphatic rings. The lowest BCUT2D eigenvalue weighted by molar-refractivity contribution is 0.706. The van der Waals surface area contributed by atoms with Crippen molar-refractivity contribution in [3.05, 3.63) is 118 Å². The van der Waals surface area contributed by atoms with Crippen molar-refractivity contribution in [2.45, 2.75) is 19.4 Å². The second-order valence-electron chi connectivity index (χ2n) is 8.61. The number of thiazole rings is 1. The van der Waals surface area contributed by atoms with Gasteiger partial charge in [-0.15, -0.1) is 11.3 Å². The van der Waals surface area contributed by atoms with Crippen LogP contribution in [0.5, 0.6) is 0 Å². The van der Waals surface area contributed by atoms with Gasteiger partial charge in [-0.1, -0.05) is 90.0 Å². The van der Waals surface area contributed by atoms with Gasteiger partial charge >= 0.3 is 0 Å². The summed E-state index contributed by atoms with van der Waals surface area (Å²) < 4.78 is 0. The molecule has 4 aromatic carbocycles. The second kappa shape index (κ2) is 8.71. The minimum Gasteiger partial charge on any atom is -0.231 e. The van der Waals surface area contributed by atoms with E-state index >= 15 is 0 Å². The van der Waals surface area contributed by atoms with Crippen molar-refractivity contribution in [2.75, 3.05) is 5.01 Å². The average Bonchev–Trinajstić information content (AvgIpc) is 3.53. The Morgan fingerprint density at radius 2 is 1.59 bits per heavy atom. The Balaban J connectivity index is 1.38. The molecule has 34 heavy (non-hydrogen) atoms. The minimum absolute atomic E-state index is 0.0733. The van der Waals surface area contributed by atoms with E-state index in [9.17, 15) is 0 Å². The Bertz CT molecular complexity index is 1500. The molecule has 1 aliphatic heterocycles. The van der Waals surface area contributed by atoms with Gasteiger partial charge in [0.25, 0.3) is 0 Å². The molecule has 166 valence electrons. The first-order chi connectivity index (χ1) is 16.6. The highest BCUT2D eigenvalue weighted by Gasteiger charge is 2.31. The molecular weight excluding hydrogens is 458 g/mol. The summed E-state index contributed by atoms with van der Waals surface area (Å²) in [7, 11) is 0. The van der Waals surface area contributed by atoms with Crippen molar-refractivity contribution in [3.8, 4) is 11.3 Å². The Labute approximate surface area is 208 Å². The van der Waals surface area contributed by atoms with E-state index in [-0.39, 0.29) is 6.04 Å². The number of fused-ring (bicyclic) bond motifs is 1. The Morgan fingerprint density at radius 3 is 2.38 bits per heavy atom. The standard InChI is InChI=1S/C29H22ClN3S/c1-19-6-8-21(9-7-19)26-17-28(22-12-14-25(30)15-13-22)33(32-26)29-31-27(18-34-29)24-11-10-20-4-2-3-5-23(20)16-24/h2-16,18,28H,17H2,1H3/t28-/m0/s1. The lowest BCUT2D eigenvalue weighted by Gasteiger charge is -2.21. The molecule has 2 heterocycles. The number of aromatic nitrogens is 1. The third-order valence-electron chi connectivity index (χ3n) is 6.28. The zero-order chi connectivity index (χ0) is 23.1. The van der Waals surface area contributed by atoms with E-state index in [1.165, 1.54) is 21.9 Å². The van der Waals surface area contributed by atoms with Crippen LogP contribution in [0.4, 0.5) is 5.13 Å². The number of nitrogens with zero attached hydrogens (tertiary/aromatic N) is 3. The predicted octanol–water partition coefficient (Wildman–Crippen LogP) is 8.28. The number of benzene rings is 4. The number of hydrogen-bond acceptors (Lipinski definition) is 4. The number of rotatable bonds is 4. The number of hydrazone groups is 1. The summed E-state index contributed by atoms with van der Waals surface area (Å²) in [5, 5.41) is 13.3. The van der Waals surface area contributed by atoms with Crippen LogP contribution in [-0.4, -0.2) is 10.7 Å². The van der Waals surface area contributed by atoms with E-state index in [0.29, 0.717) is 0 Å². The average molecular weight is 480 g/mol. The highest BCUT2D eigenvalue weighted by molar-refractivity contribution is 7.14. The molecule has 6 rings (SSSR count). The van der Waals surface area contributed by atoms with E-state index in [1.807, 2.05) is 12.1 Å². The second-order valence-corrected chi connectivity index (χ2v) is 9.88. The minimum atomic E-state index is 0.0733. The molecule has 3 nitrogen and oxygen atoms in total. The monoisotopic (exact) mass is 479 g/mol. The molecule has 0 amide bonds. The van der Waals surface area contributed by atoms with Gasteiger partial charge in [0, 0.05) is 22.4 Å².